The summed E-state index contributed by atoms with van der Waals surface area (Å²) in [6, 6.07) is 8.14. The molecule has 1 aromatic carbocycles. The molecule has 0 aliphatic heterocycles. The summed E-state index contributed by atoms with van der Waals surface area (Å²) < 4.78 is 39.3. The lowest BCUT2D eigenvalue weighted by Crippen LogP contribution is -2.18. The molecule has 0 aliphatic rings. The molecule has 10 heteroatoms. The van der Waals surface area contributed by atoms with Crippen LogP contribution in [0.15, 0.2) is 92.5 Å². The van der Waals surface area contributed by atoms with Crippen LogP contribution < -0.4 is 10.6 Å². The molecule has 7 nitrogen and oxygen atoms in total. The number of nitrogens with one attached hydrogen (secondary N) is 2. The lowest BCUT2D eigenvalue weighted by Gasteiger charge is -2.13. The molecular weight excluding hydrogens is 457 g/mol. The molecule has 2 aromatic heterocycles. The molecule has 0 radical (unpaired) electrons. The SMILES string of the molecule is C=C/C(=C\N(C)C=C)Nc1ncc(-c2ccc(CC(=O)Nc3ccncc3C(F)(F)F)cc2)cn1. The summed E-state index contributed by atoms with van der Waals surface area (Å²) in [4.78, 5) is 26.2. The summed E-state index contributed by atoms with van der Waals surface area (Å²) in [5, 5.41) is 5.36. The van der Waals surface area contributed by atoms with Crippen LogP contribution in [0.2, 0.25) is 0 Å². The van der Waals surface area contributed by atoms with Gasteiger partial charge in [-0.05, 0) is 29.5 Å². The molecule has 0 spiro atoms. The van der Waals surface area contributed by atoms with E-state index in [1.165, 1.54) is 6.20 Å². The van der Waals surface area contributed by atoms with Crippen LogP contribution in [0.5, 0.6) is 0 Å². The number of carbonyl (C=O) groups is 1. The molecule has 0 saturated carbocycles. The van der Waals surface area contributed by atoms with E-state index < -0.39 is 17.6 Å². The van der Waals surface area contributed by atoms with Crippen LogP contribution in [-0.2, 0) is 17.4 Å². The molecule has 0 bridgehead atoms. The second-order valence-electron chi connectivity index (χ2n) is 7.40. The van der Waals surface area contributed by atoms with Gasteiger partial charge in [-0.3, -0.25) is 9.78 Å². The number of hydrogen-bond acceptors (Lipinski definition) is 6. The zero-order chi connectivity index (χ0) is 25.4. The molecule has 35 heavy (non-hydrogen) atoms. The van der Waals surface area contributed by atoms with Crippen molar-refractivity contribution in [3.05, 3.63) is 104 Å². The minimum absolute atomic E-state index is 0.0882. The van der Waals surface area contributed by atoms with Gasteiger partial charge < -0.3 is 15.5 Å². The van der Waals surface area contributed by atoms with Crippen molar-refractivity contribution in [1.29, 1.82) is 0 Å². The van der Waals surface area contributed by atoms with Crippen LogP contribution in [0.25, 0.3) is 11.1 Å². The molecule has 0 saturated heterocycles. The third-order valence-corrected chi connectivity index (χ3v) is 4.81. The summed E-state index contributed by atoms with van der Waals surface area (Å²) in [5.41, 5.74) is 1.58. The molecule has 1 amide bonds. The lowest BCUT2D eigenvalue weighted by molar-refractivity contribution is -0.137. The zero-order valence-corrected chi connectivity index (χ0v) is 18.9. The standard InChI is InChI=1S/C25H23F3N6O/c1-4-20(16-34(3)5-2)32-24-30-13-19(14-31-24)18-8-6-17(7-9-18)12-23(35)33-22-10-11-29-15-21(22)25(26,27)28/h4-11,13-16H,1-2,12H2,3H3,(H,29,33,35)(H,30,31,32)/b20-16+. The number of benzene rings is 1. The Bertz CT molecular complexity index is 1220. The fourth-order valence-electron chi connectivity index (χ4n) is 3.00. The number of alkyl halides is 3. The Labute approximate surface area is 200 Å². The van der Waals surface area contributed by atoms with Gasteiger partial charge in [0.15, 0.2) is 0 Å². The second kappa shape index (κ2) is 11.1. The van der Waals surface area contributed by atoms with E-state index in [4.69, 9.17) is 0 Å². The van der Waals surface area contributed by atoms with Crippen LogP contribution in [0.4, 0.5) is 24.8 Å². The summed E-state index contributed by atoms with van der Waals surface area (Å²) in [6.07, 6.45) is 5.52. The van der Waals surface area contributed by atoms with Crippen molar-refractivity contribution in [2.45, 2.75) is 12.6 Å². The Morgan fingerprint density at radius 2 is 1.71 bits per heavy atom. The number of nitrogens with zero attached hydrogens (tertiary/aromatic N) is 4. The summed E-state index contributed by atoms with van der Waals surface area (Å²) in [5.74, 6) is -0.179. The number of carbonyl (C=O) groups excluding carboxylic acids is 1. The molecule has 0 fully saturated rings. The third kappa shape index (κ3) is 7.00. The van der Waals surface area contributed by atoms with Gasteiger partial charge in [0.25, 0.3) is 0 Å². The Hall–Kier alpha value is -4.47. The number of anilines is 2. The first-order valence-corrected chi connectivity index (χ1v) is 10.4. The van der Waals surface area contributed by atoms with Gasteiger partial charge in [0.2, 0.25) is 11.9 Å². The topological polar surface area (TPSA) is 83.0 Å². The molecular formula is C25H23F3N6O. The first-order chi connectivity index (χ1) is 16.7. The van der Waals surface area contributed by atoms with Gasteiger partial charge in [-0.1, -0.05) is 37.4 Å². The largest absolute Gasteiger partial charge is 0.419 e. The third-order valence-electron chi connectivity index (χ3n) is 4.81. The number of hydrogen-bond donors (Lipinski definition) is 2. The van der Waals surface area contributed by atoms with E-state index in [2.05, 4.69) is 38.7 Å². The number of allylic oxidation sites excluding steroid dienone is 1. The van der Waals surface area contributed by atoms with Crippen LogP contribution in [0, 0.1) is 0 Å². The van der Waals surface area contributed by atoms with E-state index in [1.54, 1.807) is 60.0 Å². The lowest BCUT2D eigenvalue weighted by atomic mass is 10.0. The molecule has 180 valence electrons. The average Bonchev–Trinajstić information content (AvgIpc) is 2.84. The van der Waals surface area contributed by atoms with Crippen LogP contribution in [0.3, 0.4) is 0 Å². The van der Waals surface area contributed by atoms with E-state index in [1.807, 2.05) is 7.05 Å². The van der Waals surface area contributed by atoms with E-state index >= 15 is 0 Å². The van der Waals surface area contributed by atoms with Crippen LogP contribution >= 0.6 is 0 Å². The smallest absolute Gasteiger partial charge is 0.356 e. The van der Waals surface area contributed by atoms with Gasteiger partial charge >= 0.3 is 6.18 Å². The summed E-state index contributed by atoms with van der Waals surface area (Å²) >= 11 is 0. The highest BCUT2D eigenvalue weighted by atomic mass is 19.4. The normalized spacial score (nSPS) is 11.5. The van der Waals surface area contributed by atoms with Gasteiger partial charge in [-0.2, -0.15) is 13.2 Å². The monoisotopic (exact) mass is 480 g/mol. The Balaban J connectivity index is 1.64. The Morgan fingerprint density at radius 3 is 2.31 bits per heavy atom. The molecule has 0 atom stereocenters. The second-order valence-corrected chi connectivity index (χ2v) is 7.40. The molecule has 0 unspecified atom stereocenters. The van der Waals surface area contributed by atoms with Crippen LogP contribution in [0.1, 0.15) is 11.1 Å². The van der Waals surface area contributed by atoms with Crippen molar-refractivity contribution >= 4 is 17.5 Å². The number of halogens is 3. The maximum absolute atomic E-state index is 13.1. The first kappa shape index (κ1) is 25.2. The molecule has 3 aromatic rings. The minimum atomic E-state index is -4.61. The van der Waals surface area contributed by atoms with Gasteiger partial charge in [0, 0.05) is 43.6 Å². The minimum Gasteiger partial charge on any atom is -0.356 e. The fraction of sp³-hybridized carbons (Fsp3) is 0.120. The number of rotatable bonds is 9. The van der Waals surface area contributed by atoms with Gasteiger partial charge in [0.1, 0.15) is 0 Å². The number of pyridine rings is 1. The maximum atomic E-state index is 13.1. The Morgan fingerprint density at radius 1 is 1.03 bits per heavy atom. The van der Waals surface area contributed by atoms with Crippen molar-refractivity contribution in [1.82, 2.24) is 19.9 Å². The predicted octanol–water partition coefficient (Wildman–Crippen LogP) is 5.25. The Kier molecular flexibility index (Phi) is 7.98. The summed E-state index contributed by atoms with van der Waals surface area (Å²) in [6.45, 7) is 7.42. The van der Waals surface area contributed by atoms with E-state index in [0.29, 0.717) is 23.4 Å². The van der Waals surface area contributed by atoms with Gasteiger partial charge in [-0.15, -0.1) is 0 Å². The average molecular weight is 480 g/mol. The van der Waals surface area contributed by atoms with E-state index in [0.717, 1.165) is 17.2 Å². The molecule has 2 N–H and O–H groups in total. The zero-order valence-electron chi connectivity index (χ0n) is 18.9. The van der Waals surface area contributed by atoms with Crippen molar-refractivity contribution in [3.8, 4) is 11.1 Å². The van der Waals surface area contributed by atoms with E-state index in [-0.39, 0.29) is 12.1 Å². The van der Waals surface area contributed by atoms with Gasteiger partial charge in [0.05, 0.1) is 23.4 Å². The fourth-order valence-corrected chi connectivity index (χ4v) is 3.00. The summed E-state index contributed by atoms with van der Waals surface area (Å²) in [7, 11) is 1.83. The number of aromatic nitrogens is 3. The number of amides is 1. The molecule has 0 aliphatic carbocycles. The highest BCUT2D eigenvalue weighted by Crippen LogP contribution is 2.34. The highest BCUT2D eigenvalue weighted by Gasteiger charge is 2.34. The van der Waals surface area contributed by atoms with Crippen molar-refractivity contribution < 1.29 is 18.0 Å². The van der Waals surface area contributed by atoms with Crippen molar-refractivity contribution in [2.24, 2.45) is 0 Å². The molecule has 3 rings (SSSR count). The molecule has 2 heterocycles. The quantitative estimate of drug-likeness (QED) is 0.407. The maximum Gasteiger partial charge on any atom is 0.419 e. The predicted molar refractivity (Wildman–Crippen MR) is 129 cm³/mol. The van der Waals surface area contributed by atoms with Gasteiger partial charge in [-0.25, -0.2) is 9.97 Å². The van der Waals surface area contributed by atoms with Crippen molar-refractivity contribution in [3.63, 3.8) is 0 Å². The van der Waals surface area contributed by atoms with E-state index in [9.17, 15) is 18.0 Å². The van der Waals surface area contributed by atoms with Crippen LogP contribution in [-0.4, -0.2) is 32.8 Å². The first-order valence-electron chi connectivity index (χ1n) is 10.4. The van der Waals surface area contributed by atoms with Crippen molar-refractivity contribution in [2.75, 3.05) is 17.7 Å². The highest BCUT2D eigenvalue weighted by molar-refractivity contribution is 5.93.